The standard InChI is InChI=1S/C8H9BO3/c10-9(11)8-5-6-3-1-2-4-7(6)12-8/h1-7,10-11H. The van der Waals surface area contributed by atoms with Gasteiger partial charge in [0.15, 0.2) is 0 Å². The van der Waals surface area contributed by atoms with Crippen molar-refractivity contribution in [1.29, 1.82) is 0 Å². The van der Waals surface area contributed by atoms with Crippen molar-refractivity contribution in [2.45, 2.75) is 6.10 Å². The van der Waals surface area contributed by atoms with Crippen molar-refractivity contribution in [3.8, 4) is 0 Å². The van der Waals surface area contributed by atoms with Crippen LogP contribution in [0.25, 0.3) is 0 Å². The van der Waals surface area contributed by atoms with Gasteiger partial charge in [-0.2, -0.15) is 0 Å². The lowest BCUT2D eigenvalue weighted by atomic mass is 9.87. The number of rotatable bonds is 1. The van der Waals surface area contributed by atoms with E-state index >= 15 is 0 Å². The first-order valence-corrected chi connectivity index (χ1v) is 3.87. The number of allylic oxidation sites excluding steroid dienone is 2. The third-order valence-electron chi connectivity index (χ3n) is 2.01. The van der Waals surface area contributed by atoms with Crippen LogP contribution in [-0.4, -0.2) is 23.3 Å². The molecule has 0 saturated carbocycles. The first kappa shape index (κ1) is 7.64. The predicted octanol–water partition coefficient (Wildman–Crippen LogP) is 0.0233. The molecule has 3 nitrogen and oxygen atoms in total. The summed E-state index contributed by atoms with van der Waals surface area (Å²) in [6.45, 7) is 0. The largest absolute Gasteiger partial charge is 0.525 e. The Morgan fingerprint density at radius 3 is 2.67 bits per heavy atom. The molecule has 2 atom stereocenters. The molecule has 0 fully saturated rings. The summed E-state index contributed by atoms with van der Waals surface area (Å²) in [6, 6.07) is 0. The minimum absolute atomic E-state index is 0.0493. The molecule has 1 heterocycles. The molecule has 0 radical (unpaired) electrons. The van der Waals surface area contributed by atoms with Crippen molar-refractivity contribution in [2.24, 2.45) is 5.92 Å². The maximum Gasteiger partial charge on any atom is 0.525 e. The van der Waals surface area contributed by atoms with Crippen molar-refractivity contribution < 1.29 is 14.8 Å². The molecule has 0 aromatic heterocycles. The molecule has 0 aromatic carbocycles. The van der Waals surface area contributed by atoms with Crippen molar-refractivity contribution in [2.75, 3.05) is 0 Å². The van der Waals surface area contributed by atoms with Crippen molar-refractivity contribution in [3.63, 3.8) is 0 Å². The first-order valence-electron chi connectivity index (χ1n) is 3.87. The van der Waals surface area contributed by atoms with Gasteiger partial charge >= 0.3 is 7.12 Å². The molecule has 2 aliphatic rings. The van der Waals surface area contributed by atoms with Gasteiger partial charge in [-0.3, -0.25) is 0 Å². The molecular weight excluding hydrogens is 155 g/mol. The fourth-order valence-electron chi connectivity index (χ4n) is 1.41. The quantitative estimate of drug-likeness (QED) is 0.537. The van der Waals surface area contributed by atoms with E-state index in [0.29, 0.717) is 0 Å². The van der Waals surface area contributed by atoms with Crippen LogP contribution in [-0.2, 0) is 4.74 Å². The van der Waals surface area contributed by atoms with Crippen LogP contribution in [0.3, 0.4) is 0 Å². The van der Waals surface area contributed by atoms with E-state index in [1.165, 1.54) is 0 Å². The molecule has 1 aliphatic heterocycles. The van der Waals surface area contributed by atoms with Crippen LogP contribution < -0.4 is 0 Å². The summed E-state index contributed by atoms with van der Waals surface area (Å²) < 4.78 is 5.25. The van der Waals surface area contributed by atoms with Gasteiger partial charge in [-0.15, -0.1) is 0 Å². The fraction of sp³-hybridized carbons (Fsp3) is 0.250. The average molecular weight is 164 g/mol. The van der Waals surface area contributed by atoms with Crippen LogP contribution >= 0.6 is 0 Å². The summed E-state index contributed by atoms with van der Waals surface area (Å²) in [5, 5.41) is 17.6. The molecule has 0 spiro atoms. The highest BCUT2D eigenvalue weighted by Gasteiger charge is 2.31. The SMILES string of the molecule is OB(O)C1=CC2C=CC=CC2O1. The Balaban J connectivity index is 2.16. The number of hydrogen-bond acceptors (Lipinski definition) is 3. The van der Waals surface area contributed by atoms with Gasteiger partial charge in [-0.1, -0.05) is 18.2 Å². The normalized spacial score (nSPS) is 31.0. The highest BCUT2D eigenvalue weighted by Crippen LogP contribution is 2.28. The highest BCUT2D eigenvalue weighted by molar-refractivity contribution is 6.49. The van der Waals surface area contributed by atoms with Crippen LogP contribution in [0.15, 0.2) is 36.0 Å². The van der Waals surface area contributed by atoms with Gasteiger partial charge in [-0.25, -0.2) is 0 Å². The van der Waals surface area contributed by atoms with Crippen LogP contribution in [0.1, 0.15) is 0 Å². The van der Waals surface area contributed by atoms with Crippen LogP contribution in [0.5, 0.6) is 0 Å². The summed E-state index contributed by atoms with van der Waals surface area (Å²) in [4.78, 5) is 0. The zero-order valence-corrected chi connectivity index (χ0v) is 6.42. The van der Waals surface area contributed by atoms with Crippen LogP contribution in [0, 0.1) is 5.92 Å². The zero-order chi connectivity index (χ0) is 8.55. The van der Waals surface area contributed by atoms with Gasteiger partial charge in [0.1, 0.15) is 11.8 Å². The van der Waals surface area contributed by atoms with E-state index in [4.69, 9.17) is 14.8 Å². The first-order chi connectivity index (χ1) is 5.77. The molecule has 0 bridgehead atoms. The van der Waals surface area contributed by atoms with E-state index in [1.807, 2.05) is 24.3 Å². The van der Waals surface area contributed by atoms with E-state index in [2.05, 4.69) is 0 Å². The predicted molar refractivity (Wildman–Crippen MR) is 44.9 cm³/mol. The molecule has 1 aliphatic carbocycles. The van der Waals surface area contributed by atoms with Crippen molar-refractivity contribution in [3.05, 3.63) is 36.0 Å². The second-order valence-corrected chi connectivity index (χ2v) is 2.87. The summed E-state index contributed by atoms with van der Waals surface area (Å²) in [5.41, 5.74) is 0.251. The summed E-state index contributed by atoms with van der Waals surface area (Å²) in [7, 11) is -1.49. The topological polar surface area (TPSA) is 49.7 Å². The maximum atomic E-state index is 8.81. The van der Waals surface area contributed by atoms with E-state index in [0.717, 1.165) is 0 Å². The monoisotopic (exact) mass is 164 g/mol. The summed E-state index contributed by atoms with van der Waals surface area (Å²) in [6.07, 6.45) is 9.37. The van der Waals surface area contributed by atoms with E-state index in [-0.39, 0.29) is 17.7 Å². The third kappa shape index (κ3) is 1.19. The lowest BCUT2D eigenvalue weighted by Crippen LogP contribution is -2.19. The second kappa shape index (κ2) is 2.81. The highest BCUT2D eigenvalue weighted by atomic mass is 16.5. The third-order valence-corrected chi connectivity index (χ3v) is 2.01. The maximum absolute atomic E-state index is 8.81. The molecule has 12 heavy (non-hydrogen) atoms. The minimum atomic E-state index is -1.49. The van der Waals surface area contributed by atoms with E-state index in [9.17, 15) is 0 Å². The zero-order valence-electron chi connectivity index (χ0n) is 6.42. The average Bonchev–Trinajstić information content (AvgIpc) is 2.46. The summed E-state index contributed by atoms with van der Waals surface area (Å²) in [5.74, 6) is 0.159. The minimum Gasteiger partial charge on any atom is -0.494 e. The number of fused-ring (bicyclic) bond motifs is 1. The van der Waals surface area contributed by atoms with Gasteiger partial charge in [0.05, 0.1) is 0 Å². The van der Waals surface area contributed by atoms with Gasteiger partial charge in [0, 0.05) is 5.92 Å². The van der Waals surface area contributed by atoms with Crippen LogP contribution in [0.2, 0.25) is 0 Å². The molecule has 0 saturated heterocycles. The Kier molecular flexibility index (Phi) is 1.79. The molecular formula is C8H9BO3. The van der Waals surface area contributed by atoms with Crippen molar-refractivity contribution in [1.82, 2.24) is 0 Å². The fourth-order valence-corrected chi connectivity index (χ4v) is 1.41. The van der Waals surface area contributed by atoms with Crippen molar-refractivity contribution >= 4 is 7.12 Å². The van der Waals surface area contributed by atoms with Gasteiger partial charge < -0.3 is 14.8 Å². The molecule has 2 N–H and O–H groups in total. The molecule has 4 heteroatoms. The lowest BCUT2D eigenvalue weighted by molar-refractivity contribution is 0.168. The molecule has 62 valence electrons. The van der Waals surface area contributed by atoms with E-state index in [1.54, 1.807) is 6.08 Å². The second-order valence-electron chi connectivity index (χ2n) is 2.87. The Labute approximate surface area is 70.8 Å². The van der Waals surface area contributed by atoms with Crippen LogP contribution in [0.4, 0.5) is 0 Å². The smallest absolute Gasteiger partial charge is 0.494 e. The molecule has 0 amide bonds. The van der Waals surface area contributed by atoms with E-state index < -0.39 is 7.12 Å². The number of ether oxygens (including phenoxy) is 1. The van der Waals surface area contributed by atoms with Gasteiger partial charge in [0.25, 0.3) is 0 Å². The Morgan fingerprint density at radius 2 is 2.00 bits per heavy atom. The summed E-state index contributed by atoms with van der Waals surface area (Å²) >= 11 is 0. The van der Waals surface area contributed by atoms with Gasteiger partial charge in [-0.05, 0) is 12.2 Å². The number of hydrogen-bond donors (Lipinski definition) is 2. The Hall–Kier alpha value is -0.995. The Bertz CT molecular complexity index is 267. The molecule has 2 unspecified atom stereocenters. The molecule has 2 rings (SSSR count). The molecule has 0 aromatic rings. The lowest BCUT2D eigenvalue weighted by Gasteiger charge is -2.14. The Morgan fingerprint density at radius 1 is 1.25 bits per heavy atom. The van der Waals surface area contributed by atoms with Gasteiger partial charge in [0.2, 0.25) is 0 Å².